The van der Waals surface area contributed by atoms with Crippen molar-refractivity contribution in [1.29, 1.82) is 0 Å². The first-order valence-corrected chi connectivity index (χ1v) is 9.68. The largest absolute Gasteiger partial charge is 0.496 e. The van der Waals surface area contributed by atoms with Crippen LogP contribution in [-0.4, -0.2) is 17.1 Å². The number of methoxy groups -OCH3 is 1. The average Bonchev–Trinajstić information content (AvgIpc) is 2.92. The van der Waals surface area contributed by atoms with Gasteiger partial charge in [0.05, 0.1) is 12.5 Å². The van der Waals surface area contributed by atoms with E-state index >= 15 is 0 Å². The highest BCUT2D eigenvalue weighted by atomic mass is 32.1. The molecule has 1 N–H and O–H groups in total. The highest BCUT2D eigenvalue weighted by Crippen LogP contribution is 2.33. The Bertz CT molecular complexity index is 987. The first-order chi connectivity index (χ1) is 12.2. The number of benzene rings is 1. The molecule has 0 spiro atoms. The predicted molar refractivity (Wildman–Crippen MR) is 103 cm³/mol. The SMILES string of the molecule is COc1ccc(-c2nc3sc4c(c3c(=O)[nH]2)CCCCCC4)cc1C. The van der Waals surface area contributed by atoms with Gasteiger partial charge >= 0.3 is 0 Å². The second-order valence-electron chi connectivity index (χ2n) is 6.70. The molecule has 2 heterocycles. The van der Waals surface area contributed by atoms with Gasteiger partial charge in [0.25, 0.3) is 5.56 Å². The summed E-state index contributed by atoms with van der Waals surface area (Å²) in [6, 6.07) is 5.87. The molecule has 25 heavy (non-hydrogen) atoms. The summed E-state index contributed by atoms with van der Waals surface area (Å²) in [6.45, 7) is 2.00. The maximum Gasteiger partial charge on any atom is 0.260 e. The van der Waals surface area contributed by atoms with Gasteiger partial charge in [-0.2, -0.15) is 0 Å². The quantitative estimate of drug-likeness (QED) is 0.730. The van der Waals surface area contributed by atoms with Crippen LogP contribution in [0.25, 0.3) is 21.6 Å². The Balaban J connectivity index is 1.85. The van der Waals surface area contributed by atoms with Gasteiger partial charge in [0.1, 0.15) is 16.4 Å². The molecule has 4 nitrogen and oxygen atoms in total. The summed E-state index contributed by atoms with van der Waals surface area (Å²) in [4.78, 5) is 22.8. The van der Waals surface area contributed by atoms with Gasteiger partial charge in [-0.05, 0) is 61.9 Å². The molecule has 5 heteroatoms. The Morgan fingerprint density at radius 2 is 1.96 bits per heavy atom. The molecule has 0 saturated carbocycles. The van der Waals surface area contributed by atoms with Crippen LogP contribution >= 0.6 is 11.3 Å². The topological polar surface area (TPSA) is 55.0 Å². The van der Waals surface area contributed by atoms with Crippen LogP contribution in [0.5, 0.6) is 5.75 Å². The number of hydrogen-bond acceptors (Lipinski definition) is 4. The summed E-state index contributed by atoms with van der Waals surface area (Å²) < 4.78 is 5.32. The fourth-order valence-corrected chi connectivity index (χ4v) is 4.94. The van der Waals surface area contributed by atoms with Gasteiger partial charge in [-0.15, -0.1) is 11.3 Å². The number of rotatable bonds is 2. The molecule has 3 aromatic rings. The second-order valence-corrected chi connectivity index (χ2v) is 7.78. The van der Waals surface area contributed by atoms with E-state index < -0.39 is 0 Å². The normalized spacial score (nSPS) is 14.8. The third-order valence-electron chi connectivity index (χ3n) is 4.99. The van der Waals surface area contributed by atoms with Gasteiger partial charge in [0.15, 0.2) is 0 Å². The molecule has 0 atom stereocenters. The molecule has 130 valence electrons. The third-order valence-corrected chi connectivity index (χ3v) is 6.18. The summed E-state index contributed by atoms with van der Waals surface area (Å²) >= 11 is 1.70. The summed E-state index contributed by atoms with van der Waals surface area (Å²) in [7, 11) is 1.66. The number of aromatic nitrogens is 2. The number of thiophene rings is 1. The van der Waals surface area contributed by atoms with E-state index in [1.807, 2.05) is 25.1 Å². The van der Waals surface area contributed by atoms with Crippen LogP contribution in [0.4, 0.5) is 0 Å². The van der Waals surface area contributed by atoms with Crippen molar-refractivity contribution in [2.75, 3.05) is 7.11 Å². The molecular weight excluding hydrogens is 332 g/mol. The molecule has 1 aromatic carbocycles. The lowest BCUT2D eigenvalue weighted by Crippen LogP contribution is -2.10. The number of H-pyrrole nitrogens is 1. The fraction of sp³-hybridized carbons (Fsp3) is 0.400. The molecule has 1 aliphatic rings. The fourth-order valence-electron chi connectivity index (χ4n) is 3.68. The zero-order valence-electron chi connectivity index (χ0n) is 14.6. The van der Waals surface area contributed by atoms with Crippen molar-refractivity contribution in [3.8, 4) is 17.1 Å². The van der Waals surface area contributed by atoms with Crippen LogP contribution in [0.2, 0.25) is 0 Å². The van der Waals surface area contributed by atoms with Crippen LogP contribution < -0.4 is 10.3 Å². The minimum Gasteiger partial charge on any atom is -0.496 e. The van der Waals surface area contributed by atoms with Crippen LogP contribution in [0, 0.1) is 6.92 Å². The Kier molecular flexibility index (Phi) is 4.34. The van der Waals surface area contributed by atoms with Crippen molar-refractivity contribution in [1.82, 2.24) is 9.97 Å². The van der Waals surface area contributed by atoms with Gasteiger partial charge in [0, 0.05) is 10.4 Å². The molecule has 0 saturated heterocycles. The second kappa shape index (κ2) is 6.64. The summed E-state index contributed by atoms with van der Waals surface area (Å²) in [5.41, 5.74) is 3.18. The molecular formula is C20H22N2O2S. The number of ether oxygens (including phenoxy) is 1. The number of hydrogen-bond donors (Lipinski definition) is 1. The van der Waals surface area contributed by atoms with E-state index in [4.69, 9.17) is 9.72 Å². The van der Waals surface area contributed by atoms with Gasteiger partial charge < -0.3 is 9.72 Å². The highest BCUT2D eigenvalue weighted by Gasteiger charge is 2.18. The van der Waals surface area contributed by atoms with Crippen molar-refractivity contribution in [2.45, 2.75) is 45.4 Å². The zero-order valence-corrected chi connectivity index (χ0v) is 15.5. The lowest BCUT2D eigenvalue weighted by molar-refractivity contribution is 0.412. The van der Waals surface area contributed by atoms with Crippen molar-refractivity contribution in [3.63, 3.8) is 0 Å². The van der Waals surface area contributed by atoms with Crippen molar-refractivity contribution in [2.24, 2.45) is 0 Å². The Labute approximate surface area is 150 Å². The summed E-state index contributed by atoms with van der Waals surface area (Å²) in [6.07, 6.45) is 6.99. The van der Waals surface area contributed by atoms with E-state index in [-0.39, 0.29) is 5.56 Å². The number of aryl methyl sites for hydroxylation is 3. The van der Waals surface area contributed by atoms with Gasteiger partial charge in [-0.3, -0.25) is 4.79 Å². The average molecular weight is 354 g/mol. The molecule has 0 radical (unpaired) electrons. The minimum absolute atomic E-state index is 0.00783. The first kappa shape index (κ1) is 16.3. The van der Waals surface area contributed by atoms with E-state index in [2.05, 4.69) is 4.98 Å². The van der Waals surface area contributed by atoms with Gasteiger partial charge in [-0.1, -0.05) is 12.8 Å². The first-order valence-electron chi connectivity index (χ1n) is 8.87. The molecule has 4 rings (SSSR count). The number of aromatic amines is 1. The predicted octanol–water partition coefficient (Wildman–Crippen LogP) is 4.63. The molecule has 2 aromatic heterocycles. The minimum atomic E-state index is -0.00783. The highest BCUT2D eigenvalue weighted by molar-refractivity contribution is 7.18. The van der Waals surface area contributed by atoms with E-state index in [1.165, 1.54) is 29.7 Å². The Hall–Kier alpha value is -2.14. The Morgan fingerprint density at radius 1 is 1.16 bits per heavy atom. The van der Waals surface area contributed by atoms with Gasteiger partial charge in [-0.25, -0.2) is 4.98 Å². The van der Waals surface area contributed by atoms with E-state index in [0.717, 1.165) is 46.4 Å². The maximum atomic E-state index is 12.8. The molecule has 0 aliphatic heterocycles. The molecule has 0 unspecified atom stereocenters. The molecule has 0 bridgehead atoms. The van der Waals surface area contributed by atoms with Crippen LogP contribution in [0.15, 0.2) is 23.0 Å². The van der Waals surface area contributed by atoms with Crippen LogP contribution in [0.1, 0.15) is 41.7 Å². The lowest BCUT2D eigenvalue weighted by atomic mass is 9.98. The van der Waals surface area contributed by atoms with Crippen molar-refractivity contribution in [3.05, 3.63) is 44.6 Å². The standard InChI is InChI=1S/C20H22N2O2S/c1-12-11-13(9-10-15(12)24-2)18-21-19(23)17-14-7-5-3-4-6-8-16(14)25-20(17)22-18/h9-11H,3-8H2,1-2H3,(H,21,22,23). The molecule has 0 fully saturated rings. The van der Waals surface area contributed by atoms with Crippen molar-refractivity contribution >= 4 is 21.6 Å². The third kappa shape index (κ3) is 2.97. The summed E-state index contributed by atoms with van der Waals surface area (Å²) in [5.74, 6) is 1.48. The molecule has 1 aliphatic carbocycles. The van der Waals surface area contributed by atoms with Crippen molar-refractivity contribution < 1.29 is 4.74 Å². The summed E-state index contributed by atoms with van der Waals surface area (Å²) in [5, 5.41) is 0.816. The number of nitrogens with zero attached hydrogens (tertiary/aromatic N) is 1. The van der Waals surface area contributed by atoms with E-state index in [9.17, 15) is 4.79 Å². The van der Waals surface area contributed by atoms with Gasteiger partial charge in [0.2, 0.25) is 0 Å². The Morgan fingerprint density at radius 3 is 2.72 bits per heavy atom. The lowest BCUT2D eigenvalue weighted by Gasteiger charge is -2.09. The maximum absolute atomic E-state index is 12.8. The van der Waals surface area contributed by atoms with E-state index in [1.54, 1.807) is 18.4 Å². The zero-order chi connectivity index (χ0) is 17.4. The number of nitrogens with one attached hydrogen (secondary N) is 1. The van der Waals surface area contributed by atoms with Crippen LogP contribution in [-0.2, 0) is 12.8 Å². The van der Waals surface area contributed by atoms with Crippen LogP contribution in [0.3, 0.4) is 0 Å². The smallest absolute Gasteiger partial charge is 0.260 e. The monoisotopic (exact) mass is 354 g/mol. The molecule has 0 amide bonds. The number of fused-ring (bicyclic) bond motifs is 3. The van der Waals surface area contributed by atoms with E-state index in [0.29, 0.717) is 5.82 Å².